The molecule has 1 N–H and O–H groups in total. The lowest BCUT2D eigenvalue weighted by atomic mass is 10.1. The fraction of sp³-hybridized carbons (Fsp3) is 0.389. The molecule has 0 spiro atoms. The maximum Gasteiger partial charge on any atom is 0.0594 e. The molecule has 2 rings (SSSR count). The van der Waals surface area contributed by atoms with Crippen LogP contribution in [0.15, 0.2) is 42.6 Å². The van der Waals surface area contributed by atoms with Crippen molar-refractivity contribution in [2.75, 3.05) is 18.5 Å². The molecule has 2 aromatic rings. The van der Waals surface area contributed by atoms with Crippen LogP contribution in [0.2, 0.25) is 0 Å². The SMILES string of the molecule is CCNC(CC)c1ccc(N(C)c2cccc(C)c2)cn1. The van der Waals surface area contributed by atoms with Gasteiger partial charge in [-0.3, -0.25) is 4.98 Å². The second kappa shape index (κ2) is 7.23. The number of pyridine rings is 1. The van der Waals surface area contributed by atoms with Gasteiger partial charge in [-0.05, 0) is 49.7 Å². The number of anilines is 2. The Morgan fingerprint density at radius 3 is 2.52 bits per heavy atom. The van der Waals surface area contributed by atoms with Gasteiger partial charge in [0.2, 0.25) is 0 Å². The summed E-state index contributed by atoms with van der Waals surface area (Å²) in [6.45, 7) is 7.39. The molecule has 3 heteroatoms. The fourth-order valence-corrected chi connectivity index (χ4v) is 2.49. The van der Waals surface area contributed by atoms with Gasteiger partial charge in [-0.15, -0.1) is 0 Å². The Labute approximate surface area is 128 Å². The van der Waals surface area contributed by atoms with Crippen LogP contribution in [-0.2, 0) is 0 Å². The van der Waals surface area contributed by atoms with Crippen LogP contribution in [0, 0.1) is 6.92 Å². The van der Waals surface area contributed by atoms with Crippen LogP contribution < -0.4 is 10.2 Å². The highest BCUT2D eigenvalue weighted by Gasteiger charge is 2.10. The van der Waals surface area contributed by atoms with E-state index < -0.39 is 0 Å². The van der Waals surface area contributed by atoms with Gasteiger partial charge in [0.15, 0.2) is 0 Å². The Bertz CT molecular complexity index is 563. The standard InChI is InChI=1S/C18H25N3/c1-5-17(19-6-2)18-11-10-16(13-20-18)21(4)15-9-7-8-14(3)12-15/h7-13,17,19H,5-6H2,1-4H3. The summed E-state index contributed by atoms with van der Waals surface area (Å²) >= 11 is 0. The lowest BCUT2D eigenvalue weighted by Crippen LogP contribution is -2.21. The van der Waals surface area contributed by atoms with Crippen LogP contribution in [0.3, 0.4) is 0 Å². The molecule has 0 bridgehead atoms. The summed E-state index contributed by atoms with van der Waals surface area (Å²) in [5.41, 5.74) is 4.67. The second-order valence-corrected chi connectivity index (χ2v) is 5.36. The van der Waals surface area contributed by atoms with Crippen molar-refractivity contribution in [3.63, 3.8) is 0 Å². The number of aromatic nitrogens is 1. The molecule has 0 radical (unpaired) electrons. The predicted octanol–water partition coefficient (Wildman–Crippen LogP) is 4.22. The molecule has 1 atom stereocenters. The van der Waals surface area contributed by atoms with Gasteiger partial charge in [-0.25, -0.2) is 0 Å². The maximum atomic E-state index is 4.63. The maximum absolute atomic E-state index is 4.63. The summed E-state index contributed by atoms with van der Waals surface area (Å²) in [7, 11) is 2.08. The Balaban J connectivity index is 2.18. The Kier molecular flexibility index (Phi) is 5.34. The van der Waals surface area contributed by atoms with E-state index in [1.165, 1.54) is 11.3 Å². The molecule has 0 fully saturated rings. The fourth-order valence-electron chi connectivity index (χ4n) is 2.49. The van der Waals surface area contributed by atoms with Crippen molar-refractivity contribution in [2.45, 2.75) is 33.2 Å². The minimum absolute atomic E-state index is 0.341. The first-order valence-electron chi connectivity index (χ1n) is 7.65. The summed E-state index contributed by atoms with van der Waals surface area (Å²) < 4.78 is 0. The number of aryl methyl sites for hydroxylation is 1. The van der Waals surface area contributed by atoms with E-state index in [9.17, 15) is 0 Å². The molecule has 1 unspecified atom stereocenters. The minimum Gasteiger partial charge on any atom is -0.343 e. The average molecular weight is 283 g/mol. The van der Waals surface area contributed by atoms with Crippen molar-refractivity contribution in [1.82, 2.24) is 10.3 Å². The topological polar surface area (TPSA) is 28.2 Å². The monoisotopic (exact) mass is 283 g/mol. The molecular formula is C18H25N3. The molecule has 112 valence electrons. The van der Waals surface area contributed by atoms with Crippen molar-refractivity contribution in [2.24, 2.45) is 0 Å². The van der Waals surface area contributed by atoms with E-state index in [1.807, 2.05) is 6.20 Å². The van der Waals surface area contributed by atoms with Crippen LogP contribution in [0.1, 0.15) is 37.6 Å². The molecule has 0 saturated carbocycles. The number of hydrogen-bond acceptors (Lipinski definition) is 3. The van der Waals surface area contributed by atoms with Crippen molar-refractivity contribution >= 4 is 11.4 Å². The Hall–Kier alpha value is -1.87. The van der Waals surface area contributed by atoms with Gasteiger partial charge in [0.1, 0.15) is 0 Å². The molecule has 0 amide bonds. The summed E-state index contributed by atoms with van der Waals surface area (Å²) in [6, 6.07) is 13.1. The predicted molar refractivity (Wildman–Crippen MR) is 90.2 cm³/mol. The third-order valence-corrected chi connectivity index (χ3v) is 3.76. The third kappa shape index (κ3) is 3.82. The number of benzene rings is 1. The van der Waals surface area contributed by atoms with E-state index in [2.05, 4.69) is 79.4 Å². The average Bonchev–Trinajstić information content (AvgIpc) is 2.52. The lowest BCUT2D eigenvalue weighted by molar-refractivity contribution is 0.525. The van der Waals surface area contributed by atoms with Crippen molar-refractivity contribution in [1.29, 1.82) is 0 Å². The smallest absolute Gasteiger partial charge is 0.0594 e. The molecule has 1 aromatic heterocycles. The molecule has 0 aliphatic rings. The Morgan fingerprint density at radius 1 is 1.14 bits per heavy atom. The summed E-state index contributed by atoms with van der Waals surface area (Å²) in [5, 5.41) is 3.46. The van der Waals surface area contributed by atoms with Crippen LogP contribution in [0.5, 0.6) is 0 Å². The minimum atomic E-state index is 0.341. The zero-order valence-corrected chi connectivity index (χ0v) is 13.4. The lowest BCUT2D eigenvalue weighted by Gasteiger charge is -2.21. The number of rotatable bonds is 6. The van der Waals surface area contributed by atoms with E-state index in [4.69, 9.17) is 0 Å². The first kappa shape index (κ1) is 15.5. The van der Waals surface area contributed by atoms with E-state index in [0.717, 1.165) is 24.3 Å². The number of hydrogen-bond donors (Lipinski definition) is 1. The first-order chi connectivity index (χ1) is 10.2. The number of nitrogens with zero attached hydrogens (tertiary/aromatic N) is 2. The normalized spacial score (nSPS) is 12.2. The zero-order valence-electron chi connectivity index (χ0n) is 13.4. The molecule has 0 aliphatic carbocycles. The molecule has 0 aliphatic heterocycles. The van der Waals surface area contributed by atoms with Gasteiger partial charge in [0, 0.05) is 18.8 Å². The molecule has 0 saturated heterocycles. The Morgan fingerprint density at radius 2 is 1.95 bits per heavy atom. The van der Waals surface area contributed by atoms with Gasteiger partial charge >= 0.3 is 0 Å². The summed E-state index contributed by atoms with van der Waals surface area (Å²) in [4.78, 5) is 6.80. The molecule has 3 nitrogen and oxygen atoms in total. The quantitative estimate of drug-likeness (QED) is 0.860. The van der Waals surface area contributed by atoms with Gasteiger partial charge < -0.3 is 10.2 Å². The highest BCUT2D eigenvalue weighted by molar-refractivity contribution is 5.62. The highest BCUT2D eigenvalue weighted by Crippen LogP contribution is 2.24. The molecular weight excluding hydrogens is 258 g/mol. The summed E-state index contributed by atoms with van der Waals surface area (Å²) in [5.74, 6) is 0. The van der Waals surface area contributed by atoms with Crippen molar-refractivity contribution in [3.8, 4) is 0 Å². The van der Waals surface area contributed by atoms with Gasteiger partial charge in [0.25, 0.3) is 0 Å². The number of nitrogens with one attached hydrogen (secondary N) is 1. The van der Waals surface area contributed by atoms with Crippen molar-refractivity contribution < 1.29 is 0 Å². The molecule has 1 aromatic carbocycles. The van der Waals surface area contributed by atoms with Crippen LogP contribution in [0.25, 0.3) is 0 Å². The van der Waals surface area contributed by atoms with Crippen molar-refractivity contribution in [3.05, 3.63) is 53.9 Å². The highest BCUT2D eigenvalue weighted by atomic mass is 15.1. The third-order valence-electron chi connectivity index (χ3n) is 3.76. The van der Waals surface area contributed by atoms with Gasteiger partial charge in [0.05, 0.1) is 17.6 Å². The largest absolute Gasteiger partial charge is 0.343 e. The van der Waals surface area contributed by atoms with Crippen LogP contribution in [-0.4, -0.2) is 18.6 Å². The van der Waals surface area contributed by atoms with E-state index >= 15 is 0 Å². The van der Waals surface area contributed by atoms with E-state index in [1.54, 1.807) is 0 Å². The first-order valence-corrected chi connectivity index (χ1v) is 7.65. The van der Waals surface area contributed by atoms with Crippen LogP contribution in [0.4, 0.5) is 11.4 Å². The van der Waals surface area contributed by atoms with E-state index in [0.29, 0.717) is 6.04 Å². The van der Waals surface area contributed by atoms with Crippen LogP contribution >= 0.6 is 0 Å². The molecule has 1 heterocycles. The summed E-state index contributed by atoms with van der Waals surface area (Å²) in [6.07, 6.45) is 3.01. The zero-order chi connectivity index (χ0) is 15.2. The second-order valence-electron chi connectivity index (χ2n) is 5.36. The molecule has 21 heavy (non-hydrogen) atoms. The van der Waals surface area contributed by atoms with Gasteiger partial charge in [-0.2, -0.15) is 0 Å². The van der Waals surface area contributed by atoms with Gasteiger partial charge in [-0.1, -0.05) is 26.0 Å². The van der Waals surface area contributed by atoms with E-state index in [-0.39, 0.29) is 0 Å².